The maximum Gasteiger partial charge on any atom is 0.132 e. The van der Waals surface area contributed by atoms with E-state index < -0.39 is 0 Å². The predicted octanol–water partition coefficient (Wildman–Crippen LogP) is 1.69. The number of thioether (sulfide) groups is 1. The Kier molecular flexibility index (Phi) is 3.47. The molecular weight excluding hydrogens is 172 g/mol. The van der Waals surface area contributed by atoms with E-state index in [4.69, 9.17) is 10.6 Å². The zero-order valence-electron chi connectivity index (χ0n) is 6.73. The lowest BCUT2D eigenvalue weighted by molar-refractivity contribution is 0.405. The monoisotopic (exact) mass is 182 g/mol. The van der Waals surface area contributed by atoms with Crippen LogP contribution in [0.15, 0.2) is 34.3 Å². The Bertz CT molecular complexity index is 276. The van der Waals surface area contributed by atoms with Crippen LogP contribution in [0.5, 0.6) is 5.75 Å². The average Bonchev–Trinajstić information content (AvgIpc) is 2.15. The largest absolute Gasteiger partial charge is 0.496 e. The molecule has 0 fully saturated rings. The summed E-state index contributed by atoms with van der Waals surface area (Å²) in [5, 5.41) is 3.39. The molecule has 3 nitrogen and oxygen atoms in total. The van der Waals surface area contributed by atoms with Gasteiger partial charge in [0.05, 0.1) is 17.6 Å². The van der Waals surface area contributed by atoms with Gasteiger partial charge in [-0.15, -0.1) is 0 Å². The number of hydrogen-bond acceptors (Lipinski definition) is 4. The topological polar surface area (TPSA) is 47.6 Å². The lowest BCUT2D eigenvalue weighted by Gasteiger charge is -2.03. The minimum Gasteiger partial charge on any atom is -0.496 e. The first-order valence-electron chi connectivity index (χ1n) is 3.40. The van der Waals surface area contributed by atoms with E-state index in [0.717, 1.165) is 10.6 Å². The second-order valence-electron chi connectivity index (χ2n) is 2.02. The highest BCUT2D eigenvalue weighted by Crippen LogP contribution is 2.26. The molecule has 0 bridgehead atoms. The number of rotatable bonds is 3. The van der Waals surface area contributed by atoms with Gasteiger partial charge < -0.3 is 10.6 Å². The van der Waals surface area contributed by atoms with Crippen molar-refractivity contribution >= 4 is 17.3 Å². The van der Waals surface area contributed by atoms with Crippen LogP contribution in [-0.4, -0.2) is 12.7 Å². The van der Waals surface area contributed by atoms with E-state index >= 15 is 0 Å². The van der Waals surface area contributed by atoms with Gasteiger partial charge in [0.1, 0.15) is 5.75 Å². The summed E-state index contributed by atoms with van der Waals surface area (Å²) in [5.74, 6) is 5.81. The highest BCUT2D eigenvalue weighted by molar-refractivity contribution is 8.12. The predicted molar refractivity (Wildman–Crippen MR) is 51.5 cm³/mol. The highest BCUT2D eigenvalue weighted by atomic mass is 32.2. The third kappa shape index (κ3) is 2.17. The Labute approximate surface area is 75.6 Å². The Morgan fingerprint density at radius 1 is 1.50 bits per heavy atom. The van der Waals surface area contributed by atoms with Gasteiger partial charge in [-0.3, -0.25) is 0 Å². The van der Waals surface area contributed by atoms with E-state index in [1.165, 1.54) is 11.8 Å². The van der Waals surface area contributed by atoms with E-state index in [1.807, 2.05) is 24.3 Å². The molecule has 1 aromatic rings. The molecule has 12 heavy (non-hydrogen) atoms. The summed E-state index contributed by atoms with van der Waals surface area (Å²) < 4.78 is 5.12. The fraction of sp³-hybridized carbons (Fsp3) is 0.125. The van der Waals surface area contributed by atoms with Crippen molar-refractivity contribution < 1.29 is 4.74 Å². The fourth-order valence-electron chi connectivity index (χ4n) is 0.803. The average molecular weight is 182 g/mol. The standard InChI is InChI=1S/C8H10N2OS/c1-11-7-4-2-3-5-8(7)12-6-10-9/h2-6H,9H2,1H3/b10-6+. The number of nitrogens with two attached hydrogens (primary N) is 1. The van der Waals surface area contributed by atoms with Crippen molar-refractivity contribution in [1.29, 1.82) is 0 Å². The summed E-state index contributed by atoms with van der Waals surface area (Å²) in [6, 6.07) is 7.70. The molecule has 4 heteroatoms. The molecule has 0 unspecified atom stereocenters. The normalized spacial score (nSPS) is 10.4. The Balaban J connectivity index is 2.81. The third-order valence-corrected chi connectivity index (χ3v) is 2.13. The lowest BCUT2D eigenvalue weighted by Crippen LogP contribution is -1.85. The summed E-state index contributed by atoms with van der Waals surface area (Å²) >= 11 is 1.43. The van der Waals surface area contributed by atoms with Crippen molar-refractivity contribution in [2.45, 2.75) is 4.90 Å². The van der Waals surface area contributed by atoms with Crippen molar-refractivity contribution in [1.82, 2.24) is 0 Å². The molecule has 0 saturated carbocycles. The molecule has 0 aliphatic rings. The molecule has 0 aromatic heterocycles. The number of hydrogen-bond donors (Lipinski definition) is 1. The summed E-state index contributed by atoms with van der Waals surface area (Å²) in [7, 11) is 1.64. The maximum atomic E-state index is 5.12. The summed E-state index contributed by atoms with van der Waals surface area (Å²) in [4.78, 5) is 1.01. The van der Waals surface area contributed by atoms with Crippen molar-refractivity contribution in [3.05, 3.63) is 24.3 Å². The van der Waals surface area contributed by atoms with Crippen molar-refractivity contribution in [2.75, 3.05) is 7.11 Å². The fourth-order valence-corrected chi connectivity index (χ4v) is 1.40. The first kappa shape index (κ1) is 8.93. The van der Waals surface area contributed by atoms with Gasteiger partial charge >= 0.3 is 0 Å². The molecule has 0 radical (unpaired) electrons. The van der Waals surface area contributed by atoms with Crippen molar-refractivity contribution in [2.24, 2.45) is 10.9 Å². The number of benzene rings is 1. The molecule has 1 aromatic carbocycles. The summed E-state index contributed by atoms with van der Waals surface area (Å²) in [5.41, 5.74) is 1.57. The summed E-state index contributed by atoms with van der Waals surface area (Å²) in [6.45, 7) is 0. The van der Waals surface area contributed by atoms with E-state index in [9.17, 15) is 0 Å². The van der Waals surface area contributed by atoms with Crippen molar-refractivity contribution in [3.8, 4) is 5.75 Å². The minimum absolute atomic E-state index is 0.836. The highest BCUT2D eigenvalue weighted by Gasteiger charge is 1.98. The molecular formula is C8H10N2OS. The van der Waals surface area contributed by atoms with Crippen LogP contribution in [0, 0.1) is 0 Å². The second-order valence-corrected chi connectivity index (χ2v) is 2.91. The van der Waals surface area contributed by atoms with Gasteiger partial charge in [-0.2, -0.15) is 5.10 Å². The van der Waals surface area contributed by atoms with Gasteiger partial charge in [-0.1, -0.05) is 23.9 Å². The number of hydrazone groups is 1. The molecule has 1 rings (SSSR count). The van der Waals surface area contributed by atoms with Crippen LogP contribution < -0.4 is 10.6 Å². The van der Waals surface area contributed by atoms with Crippen LogP contribution in [0.3, 0.4) is 0 Å². The van der Waals surface area contributed by atoms with Crippen LogP contribution in [0.25, 0.3) is 0 Å². The zero-order valence-corrected chi connectivity index (χ0v) is 7.54. The number of ether oxygens (including phenoxy) is 1. The number of para-hydroxylation sites is 1. The third-order valence-electron chi connectivity index (χ3n) is 1.31. The van der Waals surface area contributed by atoms with E-state index in [0.29, 0.717) is 0 Å². The first-order chi connectivity index (χ1) is 5.88. The quantitative estimate of drug-likeness (QED) is 0.254. The van der Waals surface area contributed by atoms with Gasteiger partial charge in [-0.25, -0.2) is 0 Å². The van der Waals surface area contributed by atoms with Crippen LogP contribution in [-0.2, 0) is 0 Å². The van der Waals surface area contributed by atoms with Crippen LogP contribution in [0.2, 0.25) is 0 Å². The Morgan fingerprint density at radius 3 is 2.92 bits per heavy atom. The van der Waals surface area contributed by atoms with E-state index in [2.05, 4.69) is 5.10 Å². The van der Waals surface area contributed by atoms with E-state index in [1.54, 1.807) is 12.7 Å². The smallest absolute Gasteiger partial charge is 0.132 e. The molecule has 0 aliphatic carbocycles. The van der Waals surface area contributed by atoms with Gasteiger partial charge in [0.25, 0.3) is 0 Å². The number of nitrogens with zero attached hydrogens (tertiary/aromatic N) is 1. The second kappa shape index (κ2) is 4.66. The molecule has 64 valence electrons. The molecule has 0 aliphatic heterocycles. The molecule has 0 spiro atoms. The van der Waals surface area contributed by atoms with E-state index in [-0.39, 0.29) is 0 Å². The first-order valence-corrected chi connectivity index (χ1v) is 4.28. The van der Waals surface area contributed by atoms with Gasteiger partial charge in [0, 0.05) is 0 Å². The SMILES string of the molecule is COc1ccccc1S/C=N/N. The molecule has 0 amide bonds. The van der Waals surface area contributed by atoms with Gasteiger partial charge in [0.2, 0.25) is 0 Å². The lowest BCUT2D eigenvalue weighted by atomic mass is 10.3. The molecule has 2 N–H and O–H groups in total. The minimum atomic E-state index is 0.836. The molecule has 0 atom stereocenters. The Hall–Kier alpha value is -1.16. The van der Waals surface area contributed by atoms with Crippen LogP contribution >= 0.6 is 11.8 Å². The molecule has 0 heterocycles. The van der Waals surface area contributed by atoms with Crippen LogP contribution in [0.4, 0.5) is 0 Å². The maximum absolute atomic E-state index is 5.12. The Morgan fingerprint density at radius 2 is 2.25 bits per heavy atom. The van der Waals surface area contributed by atoms with Crippen LogP contribution in [0.1, 0.15) is 0 Å². The molecule has 0 saturated heterocycles. The van der Waals surface area contributed by atoms with Gasteiger partial charge in [0.15, 0.2) is 0 Å². The number of methoxy groups -OCH3 is 1. The zero-order chi connectivity index (χ0) is 8.81. The van der Waals surface area contributed by atoms with Gasteiger partial charge in [-0.05, 0) is 12.1 Å². The van der Waals surface area contributed by atoms with Crippen molar-refractivity contribution in [3.63, 3.8) is 0 Å². The summed E-state index contributed by atoms with van der Waals surface area (Å²) in [6.07, 6.45) is 0.